The van der Waals surface area contributed by atoms with E-state index >= 15 is 0 Å². The van der Waals surface area contributed by atoms with Crippen molar-refractivity contribution in [3.8, 4) is 0 Å². The fourth-order valence-electron chi connectivity index (χ4n) is 1.35. The summed E-state index contributed by atoms with van der Waals surface area (Å²) in [6.45, 7) is 5.44. The quantitative estimate of drug-likeness (QED) is 0.554. The van der Waals surface area contributed by atoms with Gasteiger partial charge in [-0.05, 0) is 19.9 Å². The van der Waals surface area contributed by atoms with E-state index in [9.17, 15) is 0 Å². The van der Waals surface area contributed by atoms with Crippen LogP contribution in [0.25, 0.3) is 0 Å². The van der Waals surface area contributed by atoms with E-state index in [-0.39, 0.29) is 6.61 Å². The number of aliphatic hydroxyl groups excluding tert-OH is 1. The molecule has 1 fully saturated rings. The van der Waals surface area contributed by atoms with Gasteiger partial charge in [-0.15, -0.1) is 0 Å². The van der Waals surface area contributed by atoms with Crippen LogP contribution in [0.15, 0.2) is 0 Å². The van der Waals surface area contributed by atoms with Gasteiger partial charge in [0.15, 0.2) is 0 Å². The molecule has 0 spiro atoms. The van der Waals surface area contributed by atoms with Crippen LogP contribution in [0.1, 0.15) is 13.3 Å². The van der Waals surface area contributed by atoms with Gasteiger partial charge in [-0.3, -0.25) is 4.90 Å². The maximum Gasteiger partial charge on any atom is 0.0568 e. The highest BCUT2D eigenvalue weighted by atomic mass is 16.3. The van der Waals surface area contributed by atoms with Crippen LogP contribution in [0.4, 0.5) is 0 Å². The summed E-state index contributed by atoms with van der Waals surface area (Å²) in [6.07, 6.45) is 1.64. The Morgan fingerprint density at radius 3 is 3.10 bits per heavy atom. The van der Waals surface area contributed by atoms with Gasteiger partial charge in [0.2, 0.25) is 0 Å². The summed E-state index contributed by atoms with van der Waals surface area (Å²) in [7, 11) is 0. The lowest BCUT2D eigenvalue weighted by Crippen LogP contribution is -2.50. The summed E-state index contributed by atoms with van der Waals surface area (Å²) in [6, 6.07) is 0. The molecule has 10 heavy (non-hydrogen) atoms. The van der Waals surface area contributed by atoms with Gasteiger partial charge in [0.1, 0.15) is 0 Å². The minimum atomic E-state index is 0.270. The largest absolute Gasteiger partial charge is 0.395 e. The molecule has 0 aliphatic carbocycles. The minimum Gasteiger partial charge on any atom is -0.395 e. The first-order chi connectivity index (χ1) is 4.84. The summed E-state index contributed by atoms with van der Waals surface area (Å²) in [5.41, 5.74) is 0. The molecule has 1 heterocycles. The number of hydrogen-bond acceptors (Lipinski definition) is 3. The summed E-state index contributed by atoms with van der Waals surface area (Å²) in [5.74, 6) is 0. The van der Waals surface area contributed by atoms with Crippen LogP contribution in [0.2, 0.25) is 0 Å². The SMILES string of the molecule is C[C@@H]1NCCCN1CCO. The average molecular weight is 144 g/mol. The van der Waals surface area contributed by atoms with Crippen LogP contribution >= 0.6 is 0 Å². The Bertz CT molecular complexity index is 95.6. The summed E-state index contributed by atoms with van der Waals surface area (Å²) in [5, 5.41) is 12.0. The minimum absolute atomic E-state index is 0.270. The Labute approximate surface area is 62.0 Å². The molecule has 0 bridgehead atoms. The zero-order valence-electron chi connectivity index (χ0n) is 6.51. The molecule has 1 aliphatic rings. The fourth-order valence-corrected chi connectivity index (χ4v) is 1.35. The van der Waals surface area contributed by atoms with Crippen molar-refractivity contribution in [2.45, 2.75) is 19.5 Å². The molecule has 0 unspecified atom stereocenters. The normalized spacial score (nSPS) is 28.8. The van der Waals surface area contributed by atoms with Crippen molar-refractivity contribution in [1.82, 2.24) is 10.2 Å². The van der Waals surface area contributed by atoms with Gasteiger partial charge >= 0.3 is 0 Å². The molecule has 0 aromatic rings. The third-order valence-corrected chi connectivity index (χ3v) is 2.00. The maximum absolute atomic E-state index is 8.67. The summed E-state index contributed by atoms with van der Waals surface area (Å²) < 4.78 is 0. The van der Waals surface area contributed by atoms with E-state index in [2.05, 4.69) is 17.1 Å². The van der Waals surface area contributed by atoms with Crippen LogP contribution in [0.5, 0.6) is 0 Å². The molecule has 3 nitrogen and oxygen atoms in total. The van der Waals surface area contributed by atoms with Crippen molar-refractivity contribution in [3.63, 3.8) is 0 Å². The summed E-state index contributed by atoms with van der Waals surface area (Å²) in [4.78, 5) is 2.25. The topological polar surface area (TPSA) is 35.5 Å². The number of nitrogens with one attached hydrogen (secondary N) is 1. The van der Waals surface area contributed by atoms with Crippen molar-refractivity contribution in [2.75, 3.05) is 26.2 Å². The van der Waals surface area contributed by atoms with E-state index in [4.69, 9.17) is 5.11 Å². The molecule has 0 saturated carbocycles. The van der Waals surface area contributed by atoms with Crippen molar-refractivity contribution < 1.29 is 5.11 Å². The number of nitrogens with zero attached hydrogens (tertiary/aromatic N) is 1. The third kappa shape index (κ3) is 1.94. The Balaban J connectivity index is 2.25. The molecule has 3 heteroatoms. The lowest BCUT2D eigenvalue weighted by Gasteiger charge is -2.33. The molecule has 2 N–H and O–H groups in total. The lowest BCUT2D eigenvalue weighted by molar-refractivity contribution is 0.114. The Hall–Kier alpha value is -0.120. The predicted molar refractivity (Wildman–Crippen MR) is 40.7 cm³/mol. The first kappa shape index (κ1) is 7.98. The maximum atomic E-state index is 8.67. The Morgan fingerprint density at radius 1 is 1.70 bits per heavy atom. The molecule has 0 amide bonds. The molecule has 0 radical (unpaired) electrons. The fraction of sp³-hybridized carbons (Fsp3) is 1.00. The highest BCUT2D eigenvalue weighted by Gasteiger charge is 2.15. The zero-order valence-corrected chi connectivity index (χ0v) is 6.51. The predicted octanol–water partition coefficient (Wildman–Crippen LogP) is -0.380. The van der Waals surface area contributed by atoms with E-state index in [1.165, 1.54) is 6.42 Å². The third-order valence-electron chi connectivity index (χ3n) is 2.00. The van der Waals surface area contributed by atoms with E-state index in [0.717, 1.165) is 19.6 Å². The van der Waals surface area contributed by atoms with Gasteiger partial charge < -0.3 is 10.4 Å². The lowest BCUT2D eigenvalue weighted by atomic mass is 10.2. The molecule has 1 rings (SSSR count). The zero-order chi connectivity index (χ0) is 7.40. The number of rotatable bonds is 2. The molecule has 1 saturated heterocycles. The van der Waals surface area contributed by atoms with Gasteiger partial charge in [-0.1, -0.05) is 0 Å². The van der Waals surface area contributed by atoms with Crippen LogP contribution < -0.4 is 5.32 Å². The van der Waals surface area contributed by atoms with Crippen LogP contribution in [-0.2, 0) is 0 Å². The van der Waals surface area contributed by atoms with Gasteiger partial charge in [0.25, 0.3) is 0 Å². The van der Waals surface area contributed by atoms with Gasteiger partial charge in [0, 0.05) is 13.1 Å². The second-order valence-electron chi connectivity index (χ2n) is 2.74. The van der Waals surface area contributed by atoms with Gasteiger partial charge in [-0.25, -0.2) is 0 Å². The molecule has 1 atom stereocenters. The van der Waals surface area contributed by atoms with Crippen LogP contribution in [-0.4, -0.2) is 42.4 Å². The average Bonchev–Trinajstić information content (AvgIpc) is 1.94. The second-order valence-corrected chi connectivity index (χ2v) is 2.74. The standard InChI is InChI=1S/C7H16N2O/c1-7-8-3-2-4-9(7)5-6-10/h7-8,10H,2-6H2,1H3/t7-/m1/s1. The van der Waals surface area contributed by atoms with E-state index in [1.54, 1.807) is 0 Å². The Morgan fingerprint density at radius 2 is 2.50 bits per heavy atom. The number of β-amino-alcohol motifs (C(OH)–C–C–N with tert-alkyl or cyclic N) is 1. The van der Waals surface area contributed by atoms with E-state index in [0.29, 0.717) is 6.17 Å². The van der Waals surface area contributed by atoms with Crippen LogP contribution in [0, 0.1) is 0 Å². The number of hydrogen-bond donors (Lipinski definition) is 2. The van der Waals surface area contributed by atoms with Crippen LogP contribution in [0.3, 0.4) is 0 Å². The van der Waals surface area contributed by atoms with E-state index in [1.807, 2.05) is 0 Å². The van der Waals surface area contributed by atoms with Crippen molar-refractivity contribution in [2.24, 2.45) is 0 Å². The Kier molecular flexibility index (Phi) is 3.12. The molecule has 60 valence electrons. The second kappa shape index (κ2) is 3.91. The molecule has 0 aromatic heterocycles. The first-order valence-corrected chi connectivity index (χ1v) is 3.93. The highest BCUT2D eigenvalue weighted by molar-refractivity contribution is 4.70. The van der Waals surface area contributed by atoms with E-state index < -0.39 is 0 Å². The molecule has 0 aromatic carbocycles. The van der Waals surface area contributed by atoms with Gasteiger partial charge in [-0.2, -0.15) is 0 Å². The molecule has 1 aliphatic heterocycles. The van der Waals surface area contributed by atoms with Crippen molar-refractivity contribution in [1.29, 1.82) is 0 Å². The molecular weight excluding hydrogens is 128 g/mol. The highest BCUT2D eigenvalue weighted by Crippen LogP contribution is 2.01. The first-order valence-electron chi connectivity index (χ1n) is 3.93. The van der Waals surface area contributed by atoms with Gasteiger partial charge in [0.05, 0.1) is 12.8 Å². The monoisotopic (exact) mass is 144 g/mol. The van der Waals surface area contributed by atoms with Crippen molar-refractivity contribution >= 4 is 0 Å². The summed E-state index contributed by atoms with van der Waals surface area (Å²) >= 11 is 0. The smallest absolute Gasteiger partial charge is 0.0568 e. The van der Waals surface area contributed by atoms with Crippen molar-refractivity contribution in [3.05, 3.63) is 0 Å². The number of aliphatic hydroxyl groups is 1. The molecular formula is C7H16N2O.